The van der Waals surface area contributed by atoms with Gasteiger partial charge in [0.1, 0.15) is 6.04 Å². The van der Waals surface area contributed by atoms with Crippen LogP contribution in [0.3, 0.4) is 0 Å². The molecule has 0 aromatic heterocycles. The lowest BCUT2D eigenvalue weighted by Gasteiger charge is -2.28. The Bertz CT molecular complexity index is 885. The van der Waals surface area contributed by atoms with Gasteiger partial charge in [-0.15, -0.1) is 0 Å². The Morgan fingerprint density at radius 3 is 2.32 bits per heavy atom. The Morgan fingerprint density at radius 2 is 1.80 bits per heavy atom. The Balaban J connectivity index is 2.31. The van der Waals surface area contributed by atoms with Crippen LogP contribution in [0.15, 0.2) is 42.5 Å². The summed E-state index contributed by atoms with van der Waals surface area (Å²) in [6.45, 7) is 3.43. The molecule has 0 aliphatic heterocycles. The molecular weight excluding hydrogens is 475 g/mol. The maximum absolute atomic E-state index is 12.6. The lowest BCUT2D eigenvalue weighted by Crippen LogP contribution is -2.45. The Kier molecular flexibility index (Phi) is 6.34. The maximum atomic E-state index is 12.6. The molecule has 5 nitrogen and oxygen atoms in total. The molecule has 0 fully saturated rings. The Hall–Kier alpha value is -1.32. The lowest BCUT2D eigenvalue weighted by atomic mass is 10.2. The van der Waals surface area contributed by atoms with Crippen LogP contribution in [-0.2, 0) is 14.8 Å². The number of nitrogens with zero attached hydrogens (tertiary/aromatic N) is 1. The first-order valence-electron chi connectivity index (χ1n) is 7.41. The van der Waals surface area contributed by atoms with Gasteiger partial charge in [0, 0.05) is 14.3 Å². The molecular formula is C17H18ClIN2O3S. The van der Waals surface area contributed by atoms with E-state index in [0.717, 1.165) is 19.7 Å². The molecule has 0 unspecified atom stereocenters. The smallest absolute Gasteiger partial charge is 0.248 e. The summed E-state index contributed by atoms with van der Waals surface area (Å²) in [5.74, 6) is -0.412. The van der Waals surface area contributed by atoms with Crippen molar-refractivity contribution in [2.24, 2.45) is 0 Å². The van der Waals surface area contributed by atoms with Crippen LogP contribution in [0, 0.1) is 10.5 Å². The molecule has 2 aromatic carbocycles. The van der Waals surface area contributed by atoms with Crippen molar-refractivity contribution in [3.63, 3.8) is 0 Å². The number of anilines is 2. The summed E-state index contributed by atoms with van der Waals surface area (Å²) >= 11 is 8.05. The lowest BCUT2D eigenvalue weighted by molar-refractivity contribution is -0.116. The number of hydrogen-bond acceptors (Lipinski definition) is 3. The van der Waals surface area contributed by atoms with E-state index in [1.807, 2.05) is 19.1 Å². The van der Waals surface area contributed by atoms with Crippen LogP contribution >= 0.6 is 34.2 Å². The summed E-state index contributed by atoms with van der Waals surface area (Å²) in [6, 6.07) is 11.0. The molecule has 1 N–H and O–H groups in total. The molecule has 0 spiro atoms. The first-order chi connectivity index (χ1) is 11.6. The second-order valence-electron chi connectivity index (χ2n) is 5.66. The van der Waals surface area contributed by atoms with Crippen molar-refractivity contribution in [3.05, 3.63) is 56.6 Å². The minimum atomic E-state index is -3.66. The molecule has 134 valence electrons. The van der Waals surface area contributed by atoms with Crippen LogP contribution in [0.1, 0.15) is 12.5 Å². The molecule has 2 rings (SSSR count). The SMILES string of the molecule is Cc1cc(I)ccc1NC(=O)[C@@H](C)N(c1ccc(Cl)cc1)S(C)(=O)=O. The van der Waals surface area contributed by atoms with Gasteiger partial charge in [0.05, 0.1) is 11.9 Å². The molecule has 8 heteroatoms. The van der Waals surface area contributed by atoms with Gasteiger partial charge in [-0.1, -0.05) is 11.6 Å². The van der Waals surface area contributed by atoms with E-state index in [1.54, 1.807) is 37.3 Å². The van der Waals surface area contributed by atoms with Crippen LogP contribution in [0.2, 0.25) is 5.02 Å². The summed E-state index contributed by atoms with van der Waals surface area (Å²) in [5.41, 5.74) is 1.94. The number of carbonyl (C=O) groups excluding carboxylic acids is 1. The van der Waals surface area contributed by atoms with Crippen LogP contribution in [0.5, 0.6) is 0 Å². The van der Waals surface area contributed by atoms with E-state index in [4.69, 9.17) is 11.6 Å². The normalized spacial score (nSPS) is 12.5. The fourth-order valence-electron chi connectivity index (χ4n) is 2.40. The number of benzene rings is 2. The zero-order valence-electron chi connectivity index (χ0n) is 14.0. The molecule has 0 radical (unpaired) electrons. The van der Waals surface area contributed by atoms with Gasteiger partial charge < -0.3 is 5.32 Å². The predicted octanol–water partition coefficient (Wildman–Crippen LogP) is 4.05. The standard InChI is InChI=1S/C17H18ClIN2O3S/c1-11-10-14(19)6-9-16(11)20-17(22)12(2)21(25(3,23)24)15-7-4-13(18)5-8-15/h4-10,12H,1-3H3,(H,20,22)/t12-/m1/s1. The van der Waals surface area contributed by atoms with Crippen molar-refractivity contribution in [1.29, 1.82) is 0 Å². The summed E-state index contributed by atoms with van der Waals surface area (Å²) < 4.78 is 26.6. The van der Waals surface area contributed by atoms with Gasteiger partial charge in [0.15, 0.2) is 0 Å². The number of halogens is 2. The highest BCUT2D eigenvalue weighted by molar-refractivity contribution is 14.1. The van der Waals surface area contributed by atoms with E-state index >= 15 is 0 Å². The fraction of sp³-hybridized carbons (Fsp3) is 0.235. The molecule has 0 bridgehead atoms. The average molecular weight is 493 g/mol. The van der Waals surface area contributed by atoms with Crippen molar-refractivity contribution in [2.75, 3.05) is 15.9 Å². The number of hydrogen-bond donors (Lipinski definition) is 1. The van der Waals surface area contributed by atoms with Gasteiger partial charge >= 0.3 is 0 Å². The van der Waals surface area contributed by atoms with Crippen molar-refractivity contribution in [2.45, 2.75) is 19.9 Å². The quantitative estimate of drug-likeness (QED) is 0.641. The molecule has 0 heterocycles. The van der Waals surface area contributed by atoms with Crippen LogP contribution in [0.25, 0.3) is 0 Å². The van der Waals surface area contributed by atoms with Crippen molar-refractivity contribution < 1.29 is 13.2 Å². The number of aryl methyl sites for hydroxylation is 1. The molecule has 1 amide bonds. The third kappa shape index (κ3) is 5.08. The van der Waals surface area contributed by atoms with Gasteiger partial charge in [0.2, 0.25) is 15.9 Å². The first-order valence-corrected chi connectivity index (χ1v) is 10.7. The molecule has 1 atom stereocenters. The number of rotatable bonds is 5. The zero-order valence-corrected chi connectivity index (χ0v) is 17.7. The highest BCUT2D eigenvalue weighted by Crippen LogP contribution is 2.24. The molecule has 0 saturated carbocycles. The van der Waals surface area contributed by atoms with Crippen LogP contribution < -0.4 is 9.62 Å². The van der Waals surface area contributed by atoms with Gasteiger partial charge in [-0.25, -0.2) is 8.42 Å². The highest BCUT2D eigenvalue weighted by Gasteiger charge is 2.29. The third-order valence-corrected chi connectivity index (χ3v) is 5.78. The topological polar surface area (TPSA) is 66.5 Å². The zero-order chi connectivity index (χ0) is 18.8. The predicted molar refractivity (Wildman–Crippen MR) is 111 cm³/mol. The van der Waals surface area contributed by atoms with Crippen molar-refractivity contribution in [3.8, 4) is 0 Å². The van der Waals surface area contributed by atoms with Gasteiger partial charge in [-0.2, -0.15) is 0 Å². The van der Waals surface area contributed by atoms with Gasteiger partial charge in [0.25, 0.3) is 0 Å². The summed E-state index contributed by atoms with van der Waals surface area (Å²) in [6.07, 6.45) is 1.07. The molecule has 2 aromatic rings. The van der Waals surface area contributed by atoms with E-state index < -0.39 is 22.0 Å². The Labute approximate surface area is 166 Å². The van der Waals surface area contributed by atoms with E-state index in [1.165, 1.54) is 0 Å². The molecule has 0 saturated heterocycles. The second kappa shape index (κ2) is 7.92. The third-order valence-electron chi connectivity index (χ3n) is 3.62. The summed E-state index contributed by atoms with van der Waals surface area (Å²) in [4.78, 5) is 12.6. The molecule has 0 aliphatic carbocycles. The highest BCUT2D eigenvalue weighted by atomic mass is 127. The first kappa shape index (κ1) is 20.0. The van der Waals surface area contributed by atoms with E-state index in [-0.39, 0.29) is 0 Å². The average Bonchev–Trinajstić information content (AvgIpc) is 2.50. The minimum Gasteiger partial charge on any atom is -0.324 e. The number of nitrogens with one attached hydrogen (secondary N) is 1. The number of carbonyl (C=O) groups is 1. The van der Waals surface area contributed by atoms with E-state index in [2.05, 4.69) is 27.9 Å². The number of sulfonamides is 1. The summed E-state index contributed by atoms with van der Waals surface area (Å²) in [5, 5.41) is 3.29. The molecule has 25 heavy (non-hydrogen) atoms. The fourth-order valence-corrected chi connectivity index (χ4v) is 4.35. The Morgan fingerprint density at radius 1 is 1.20 bits per heavy atom. The summed E-state index contributed by atoms with van der Waals surface area (Å²) in [7, 11) is -3.66. The van der Waals surface area contributed by atoms with Crippen molar-refractivity contribution >= 4 is 61.5 Å². The van der Waals surface area contributed by atoms with Gasteiger partial charge in [-0.3, -0.25) is 9.10 Å². The van der Waals surface area contributed by atoms with Gasteiger partial charge in [-0.05, 0) is 84.5 Å². The monoisotopic (exact) mass is 492 g/mol. The van der Waals surface area contributed by atoms with Crippen LogP contribution in [-0.4, -0.2) is 26.6 Å². The number of amides is 1. The second-order valence-corrected chi connectivity index (χ2v) is 9.20. The maximum Gasteiger partial charge on any atom is 0.248 e. The molecule has 0 aliphatic rings. The van der Waals surface area contributed by atoms with E-state index in [9.17, 15) is 13.2 Å². The minimum absolute atomic E-state index is 0.383. The van der Waals surface area contributed by atoms with Crippen LogP contribution in [0.4, 0.5) is 11.4 Å². The van der Waals surface area contributed by atoms with Crippen molar-refractivity contribution in [1.82, 2.24) is 0 Å². The van der Waals surface area contributed by atoms with E-state index in [0.29, 0.717) is 16.4 Å². The largest absolute Gasteiger partial charge is 0.324 e.